The van der Waals surface area contributed by atoms with Crippen molar-refractivity contribution in [1.82, 2.24) is 4.90 Å². The average Bonchev–Trinajstić information content (AvgIpc) is 2.61. The van der Waals surface area contributed by atoms with Gasteiger partial charge >= 0.3 is 5.97 Å². The second-order valence-electron chi connectivity index (χ2n) is 4.29. The normalized spacial score (nSPS) is 15.1. The lowest BCUT2D eigenvalue weighted by molar-refractivity contribution is -0.143. The summed E-state index contributed by atoms with van der Waals surface area (Å²) in [6.45, 7) is 2.55. The van der Waals surface area contributed by atoms with E-state index >= 15 is 0 Å². The van der Waals surface area contributed by atoms with Crippen molar-refractivity contribution in [3.63, 3.8) is 0 Å². The standard InChI is InChI=1S/C11H16BrNO2S/c1-11(10(14)15,6-7-13(2)3)8-4-5-9(12)16-8/h4-5H,6-7H2,1-3H3,(H,14,15). The monoisotopic (exact) mass is 305 g/mol. The Kier molecular flexibility index (Phi) is 4.52. The predicted octanol–water partition coefficient (Wildman–Crippen LogP) is 2.80. The lowest BCUT2D eigenvalue weighted by atomic mass is 9.85. The molecule has 1 aromatic rings. The molecule has 0 radical (unpaired) electrons. The first kappa shape index (κ1) is 13.7. The van der Waals surface area contributed by atoms with Gasteiger partial charge in [0.2, 0.25) is 0 Å². The zero-order chi connectivity index (χ0) is 12.3. The van der Waals surface area contributed by atoms with Crippen LogP contribution in [0.15, 0.2) is 15.9 Å². The summed E-state index contributed by atoms with van der Waals surface area (Å²) in [5, 5.41) is 9.38. The maximum atomic E-state index is 11.4. The van der Waals surface area contributed by atoms with Gasteiger partial charge in [-0.2, -0.15) is 0 Å². The van der Waals surface area contributed by atoms with Gasteiger partial charge in [-0.15, -0.1) is 11.3 Å². The molecule has 0 aliphatic rings. The van der Waals surface area contributed by atoms with E-state index in [-0.39, 0.29) is 0 Å². The highest BCUT2D eigenvalue weighted by molar-refractivity contribution is 9.11. The topological polar surface area (TPSA) is 40.5 Å². The fourth-order valence-electron chi connectivity index (χ4n) is 1.39. The molecule has 1 atom stereocenters. The SMILES string of the molecule is CN(C)CCC(C)(C(=O)O)c1ccc(Br)s1. The van der Waals surface area contributed by atoms with Crippen molar-refractivity contribution < 1.29 is 9.90 Å². The smallest absolute Gasteiger partial charge is 0.314 e. The molecule has 1 heterocycles. The van der Waals surface area contributed by atoms with Crippen molar-refractivity contribution in [3.8, 4) is 0 Å². The third-order valence-electron chi connectivity index (χ3n) is 2.65. The summed E-state index contributed by atoms with van der Waals surface area (Å²) in [4.78, 5) is 14.3. The van der Waals surface area contributed by atoms with Crippen LogP contribution >= 0.6 is 27.3 Å². The number of carboxylic acids is 1. The molecule has 1 rings (SSSR count). The van der Waals surface area contributed by atoms with E-state index in [9.17, 15) is 9.90 Å². The highest BCUT2D eigenvalue weighted by Crippen LogP contribution is 2.35. The van der Waals surface area contributed by atoms with E-state index in [1.54, 1.807) is 6.92 Å². The zero-order valence-corrected chi connectivity index (χ0v) is 12.1. The molecule has 0 aliphatic carbocycles. The van der Waals surface area contributed by atoms with Crippen LogP contribution in [-0.4, -0.2) is 36.6 Å². The summed E-state index contributed by atoms with van der Waals surface area (Å²) >= 11 is 4.86. The van der Waals surface area contributed by atoms with Gasteiger partial charge in [-0.1, -0.05) is 0 Å². The maximum Gasteiger partial charge on any atom is 0.314 e. The minimum absolute atomic E-state index is 0.613. The first-order valence-electron chi connectivity index (χ1n) is 5.00. The van der Waals surface area contributed by atoms with Crippen LogP contribution in [0.1, 0.15) is 18.2 Å². The Morgan fingerprint density at radius 2 is 2.19 bits per heavy atom. The summed E-state index contributed by atoms with van der Waals surface area (Å²) in [6.07, 6.45) is 0.613. The van der Waals surface area contributed by atoms with E-state index in [0.717, 1.165) is 15.2 Å². The van der Waals surface area contributed by atoms with Crippen molar-refractivity contribution in [2.75, 3.05) is 20.6 Å². The Balaban J connectivity index is 2.92. The minimum atomic E-state index is -0.791. The molecule has 1 aromatic heterocycles. The second-order valence-corrected chi connectivity index (χ2v) is 6.76. The summed E-state index contributed by atoms with van der Waals surface area (Å²) in [6, 6.07) is 3.79. The zero-order valence-electron chi connectivity index (χ0n) is 9.66. The molecular formula is C11H16BrNO2S. The number of nitrogens with zero attached hydrogens (tertiary/aromatic N) is 1. The van der Waals surface area contributed by atoms with Crippen LogP contribution in [0.4, 0.5) is 0 Å². The van der Waals surface area contributed by atoms with Gasteiger partial charge in [0.05, 0.1) is 3.79 Å². The lowest BCUT2D eigenvalue weighted by Gasteiger charge is -2.25. The van der Waals surface area contributed by atoms with Gasteiger partial charge in [-0.25, -0.2) is 0 Å². The van der Waals surface area contributed by atoms with Crippen molar-refractivity contribution in [2.24, 2.45) is 0 Å². The molecule has 1 N–H and O–H groups in total. The number of hydrogen-bond donors (Lipinski definition) is 1. The minimum Gasteiger partial charge on any atom is -0.481 e. The van der Waals surface area contributed by atoms with Crippen LogP contribution in [0.5, 0.6) is 0 Å². The van der Waals surface area contributed by atoms with Crippen LogP contribution in [0.3, 0.4) is 0 Å². The number of carboxylic acid groups (broad SMARTS) is 1. The molecule has 0 aliphatic heterocycles. The number of thiophene rings is 1. The molecule has 0 fully saturated rings. The predicted molar refractivity (Wildman–Crippen MR) is 70.2 cm³/mol. The molecule has 0 aromatic carbocycles. The van der Waals surface area contributed by atoms with Crippen LogP contribution in [0.2, 0.25) is 0 Å². The summed E-state index contributed by atoms with van der Waals surface area (Å²) < 4.78 is 0.972. The van der Waals surface area contributed by atoms with E-state index in [1.807, 2.05) is 31.1 Å². The van der Waals surface area contributed by atoms with E-state index in [2.05, 4.69) is 15.9 Å². The molecule has 5 heteroatoms. The molecule has 0 saturated carbocycles. The number of hydrogen-bond acceptors (Lipinski definition) is 3. The first-order valence-corrected chi connectivity index (χ1v) is 6.61. The van der Waals surface area contributed by atoms with Crippen LogP contribution in [0.25, 0.3) is 0 Å². The van der Waals surface area contributed by atoms with Crippen molar-refractivity contribution in [1.29, 1.82) is 0 Å². The van der Waals surface area contributed by atoms with Gasteiger partial charge in [0.25, 0.3) is 0 Å². The summed E-state index contributed by atoms with van der Waals surface area (Å²) in [5.74, 6) is -0.760. The molecule has 0 saturated heterocycles. The second kappa shape index (κ2) is 5.29. The Bertz CT molecular complexity index is 378. The van der Waals surface area contributed by atoms with Gasteiger partial charge in [0, 0.05) is 4.88 Å². The Morgan fingerprint density at radius 1 is 1.56 bits per heavy atom. The molecule has 3 nitrogen and oxygen atoms in total. The number of aliphatic carboxylic acids is 1. The lowest BCUT2D eigenvalue weighted by Crippen LogP contribution is -2.34. The third-order valence-corrected chi connectivity index (χ3v) is 4.54. The Morgan fingerprint density at radius 3 is 2.56 bits per heavy atom. The molecule has 0 amide bonds. The van der Waals surface area contributed by atoms with Crippen molar-refractivity contribution >= 4 is 33.2 Å². The van der Waals surface area contributed by atoms with E-state index in [0.29, 0.717) is 6.42 Å². The van der Waals surface area contributed by atoms with Crippen LogP contribution in [0, 0.1) is 0 Å². The fourth-order valence-corrected chi connectivity index (χ4v) is 2.95. The van der Waals surface area contributed by atoms with E-state index in [1.165, 1.54) is 11.3 Å². The van der Waals surface area contributed by atoms with Crippen molar-refractivity contribution in [3.05, 3.63) is 20.8 Å². The summed E-state index contributed by atoms with van der Waals surface area (Å²) in [5.41, 5.74) is -0.791. The molecule has 0 bridgehead atoms. The maximum absolute atomic E-state index is 11.4. The highest BCUT2D eigenvalue weighted by atomic mass is 79.9. The van der Waals surface area contributed by atoms with E-state index in [4.69, 9.17) is 0 Å². The Hall–Kier alpha value is -0.390. The molecule has 90 valence electrons. The van der Waals surface area contributed by atoms with Crippen molar-refractivity contribution in [2.45, 2.75) is 18.8 Å². The largest absolute Gasteiger partial charge is 0.481 e. The van der Waals surface area contributed by atoms with Gasteiger partial charge in [-0.05, 0) is 62.0 Å². The van der Waals surface area contributed by atoms with Gasteiger partial charge in [-0.3, -0.25) is 4.79 Å². The summed E-state index contributed by atoms with van der Waals surface area (Å²) in [7, 11) is 3.90. The molecule has 16 heavy (non-hydrogen) atoms. The highest BCUT2D eigenvalue weighted by Gasteiger charge is 2.36. The third kappa shape index (κ3) is 3.06. The van der Waals surface area contributed by atoms with E-state index < -0.39 is 11.4 Å². The molecule has 1 unspecified atom stereocenters. The van der Waals surface area contributed by atoms with Gasteiger partial charge in [0.15, 0.2) is 0 Å². The van der Waals surface area contributed by atoms with Gasteiger partial charge < -0.3 is 10.0 Å². The Labute approximate surface area is 108 Å². The quantitative estimate of drug-likeness (QED) is 0.909. The van der Waals surface area contributed by atoms with Gasteiger partial charge in [0.1, 0.15) is 5.41 Å². The number of carbonyl (C=O) groups is 1. The first-order chi connectivity index (χ1) is 7.36. The van der Waals surface area contributed by atoms with Crippen LogP contribution < -0.4 is 0 Å². The average molecular weight is 306 g/mol. The molecule has 0 spiro atoms. The fraction of sp³-hybridized carbons (Fsp3) is 0.545. The number of halogens is 1. The molecular weight excluding hydrogens is 290 g/mol. The van der Waals surface area contributed by atoms with Crippen LogP contribution in [-0.2, 0) is 10.2 Å². The number of rotatable bonds is 5.